The maximum absolute atomic E-state index is 12.6. The molecule has 0 fully saturated rings. The van der Waals surface area contributed by atoms with E-state index in [1.54, 1.807) is 7.05 Å². The van der Waals surface area contributed by atoms with Crippen molar-refractivity contribution in [3.63, 3.8) is 0 Å². The summed E-state index contributed by atoms with van der Waals surface area (Å²) in [7, 11) is 5.55. The van der Waals surface area contributed by atoms with Gasteiger partial charge in [0, 0.05) is 52.3 Å². The lowest BCUT2D eigenvalue weighted by atomic mass is 10.4. The molecule has 150 valence electrons. The molecule has 0 unspecified atom stereocenters. The van der Waals surface area contributed by atoms with Crippen LogP contribution in [0.25, 0.3) is 0 Å². The van der Waals surface area contributed by atoms with E-state index in [1.807, 2.05) is 41.9 Å². The van der Waals surface area contributed by atoms with Crippen molar-refractivity contribution in [2.24, 2.45) is 12.0 Å². The van der Waals surface area contributed by atoms with E-state index in [9.17, 15) is 13.2 Å². The molecule has 2 rings (SSSR count). The van der Waals surface area contributed by atoms with E-state index >= 15 is 0 Å². The van der Waals surface area contributed by atoms with Gasteiger partial charge in [-0.25, -0.2) is 9.97 Å². The number of guanidine groups is 1. The average molecular weight is 497 g/mol. The normalized spacial score (nSPS) is 11.7. The predicted octanol–water partition coefficient (Wildman–Crippen LogP) is 2.57. The van der Waals surface area contributed by atoms with Gasteiger partial charge in [0.25, 0.3) is 0 Å². The van der Waals surface area contributed by atoms with Crippen molar-refractivity contribution < 1.29 is 13.2 Å². The molecular formula is C16H23F3IN7. The Bertz CT molecular complexity index is 746. The minimum absolute atomic E-state index is 0. The molecule has 2 N–H and O–H groups in total. The molecule has 7 nitrogen and oxygen atoms in total. The highest BCUT2D eigenvalue weighted by Crippen LogP contribution is 2.27. The molecule has 0 aromatic carbocycles. The second-order valence-corrected chi connectivity index (χ2v) is 5.63. The van der Waals surface area contributed by atoms with Gasteiger partial charge in [0.05, 0.1) is 6.54 Å². The van der Waals surface area contributed by atoms with Crippen LogP contribution in [-0.4, -0.2) is 52.6 Å². The number of alkyl halides is 3. The molecule has 0 bridgehead atoms. The zero-order valence-corrected chi connectivity index (χ0v) is 17.6. The third-order valence-electron chi connectivity index (χ3n) is 3.66. The molecule has 2 heterocycles. The van der Waals surface area contributed by atoms with Crippen LogP contribution in [0, 0.1) is 0 Å². The highest BCUT2D eigenvalue weighted by atomic mass is 127. The van der Waals surface area contributed by atoms with E-state index in [0.29, 0.717) is 25.6 Å². The molecule has 0 spiro atoms. The molecule has 0 aliphatic rings. The maximum atomic E-state index is 12.6. The van der Waals surface area contributed by atoms with Crippen LogP contribution in [0.3, 0.4) is 0 Å². The zero-order valence-electron chi connectivity index (χ0n) is 15.3. The van der Waals surface area contributed by atoms with Crippen LogP contribution in [0.5, 0.6) is 0 Å². The molecular weight excluding hydrogens is 474 g/mol. The molecule has 0 aliphatic heterocycles. The van der Waals surface area contributed by atoms with Gasteiger partial charge in [0.2, 0.25) is 5.95 Å². The summed E-state index contributed by atoms with van der Waals surface area (Å²) in [6, 6.07) is 4.83. The van der Waals surface area contributed by atoms with Crippen molar-refractivity contribution >= 4 is 35.9 Å². The van der Waals surface area contributed by atoms with E-state index in [0.717, 1.165) is 18.0 Å². The third-order valence-corrected chi connectivity index (χ3v) is 3.66. The van der Waals surface area contributed by atoms with Crippen molar-refractivity contribution in [3.8, 4) is 0 Å². The van der Waals surface area contributed by atoms with Gasteiger partial charge in [-0.05, 0) is 18.2 Å². The Morgan fingerprint density at radius 2 is 2.04 bits per heavy atom. The van der Waals surface area contributed by atoms with Crippen LogP contribution in [0.4, 0.5) is 19.1 Å². The fourth-order valence-electron chi connectivity index (χ4n) is 2.31. The van der Waals surface area contributed by atoms with Crippen molar-refractivity contribution in [1.82, 2.24) is 24.8 Å². The number of hydrogen-bond donors (Lipinski definition) is 2. The predicted molar refractivity (Wildman–Crippen MR) is 109 cm³/mol. The Balaban J connectivity index is 0.00000364. The SMILES string of the molecule is CN=C(NCCNc1nccc(C(F)(F)F)n1)N(C)Cc1cccn1C.I. The first-order chi connectivity index (χ1) is 12.3. The number of hydrogen-bond acceptors (Lipinski definition) is 4. The number of nitrogens with zero attached hydrogens (tertiary/aromatic N) is 5. The molecule has 11 heteroatoms. The number of aryl methyl sites for hydroxylation is 1. The summed E-state index contributed by atoms with van der Waals surface area (Å²) in [6.45, 7) is 1.47. The smallest absolute Gasteiger partial charge is 0.354 e. The van der Waals surface area contributed by atoms with Gasteiger partial charge < -0.3 is 20.1 Å². The Morgan fingerprint density at radius 1 is 1.30 bits per heavy atom. The molecule has 0 amide bonds. The maximum Gasteiger partial charge on any atom is 0.433 e. The average Bonchev–Trinajstić information content (AvgIpc) is 2.99. The molecule has 2 aromatic rings. The number of rotatable bonds is 6. The first-order valence-electron chi connectivity index (χ1n) is 7.97. The van der Waals surface area contributed by atoms with Gasteiger partial charge in [-0.2, -0.15) is 13.2 Å². The standard InChI is InChI=1S/C16H22F3N7.HI/c1-20-15(26(3)11-12-5-4-10-25(12)2)23-9-8-22-14-21-7-6-13(24-14)16(17,18)19;/h4-7,10H,8-9,11H2,1-3H3,(H,20,23)(H,21,22,24);1H. The van der Waals surface area contributed by atoms with Gasteiger partial charge >= 0.3 is 6.18 Å². The van der Waals surface area contributed by atoms with E-state index in [1.165, 1.54) is 0 Å². The quantitative estimate of drug-likeness (QED) is 0.278. The molecule has 27 heavy (non-hydrogen) atoms. The second kappa shape index (κ2) is 10.3. The van der Waals surface area contributed by atoms with Gasteiger partial charge in [0.1, 0.15) is 5.69 Å². The summed E-state index contributed by atoms with van der Waals surface area (Å²) in [5, 5.41) is 5.91. The minimum Gasteiger partial charge on any atom is -0.354 e. The van der Waals surface area contributed by atoms with Gasteiger partial charge in [-0.1, -0.05) is 0 Å². The van der Waals surface area contributed by atoms with Crippen molar-refractivity contribution in [2.45, 2.75) is 12.7 Å². The van der Waals surface area contributed by atoms with Gasteiger partial charge in [-0.15, -0.1) is 24.0 Å². The number of aromatic nitrogens is 3. The Labute approximate surface area is 173 Å². The van der Waals surface area contributed by atoms with Crippen molar-refractivity contribution in [1.29, 1.82) is 0 Å². The first kappa shape index (κ1) is 23.0. The molecule has 0 atom stereocenters. The van der Waals surface area contributed by atoms with E-state index in [-0.39, 0.29) is 29.9 Å². The zero-order chi connectivity index (χ0) is 19.2. The van der Waals surface area contributed by atoms with Crippen LogP contribution in [0.2, 0.25) is 0 Å². The summed E-state index contributed by atoms with van der Waals surface area (Å²) in [4.78, 5) is 13.4. The Hall–Kier alpha value is -2.05. The van der Waals surface area contributed by atoms with Gasteiger partial charge in [0.15, 0.2) is 5.96 Å². The summed E-state index contributed by atoms with van der Waals surface area (Å²) in [5.41, 5.74) is 0.159. The van der Waals surface area contributed by atoms with Crippen LogP contribution in [-0.2, 0) is 19.8 Å². The van der Waals surface area contributed by atoms with Crippen LogP contribution in [0.1, 0.15) is 11.4 Å². The van der Waals surface area contributed by atoms with E-state index in [2.05, 4.69) is 25.6 Å². The second-order valence-electron chi connectivity index (χ2n) is 5.63. The summed E-state index contributed by atoms with van der Waals surface area (Å²) in [5.74, 6) is 0.617. The Kier molecular flexibility index (Phi) is 8.79. The monoisotopic (exact) mass is 497 g/mol. The molecule has 2 aromatic heterocycles. The first-order valence-corrected chi connectivity index (χ1v) is 7.97. The topological polar surface area (TPSA) is 70.4 Å². The van der Waals surface area contributed by atoms with E-state index in [4.69, 9.17) is 0 Å². The van der Waals surface area contributed by atoms with E-state index < -0.39 is 11.9 Å². The highest BCUT2D eigenvalue weighted by molar-refractivity contribution is 14.0. The van der Waals surface area contributed by atoms with Crippen LogP contribution >= 0.6 is 24.0 Å². The lowest BCUT2D eigenvalue weighted by molar-refractivity contribution is -0.141. The Morgan fingerprint density at radius 3 is 2.63 bits per heavy atom. The van der Waals surface area contributed by atoms with Gasteiger partial charge in [-0.3, -0.25) is 4.99 Å². The van der Waals surface area contributed by atoms with Crippen LogP contribution < -0.4 is 10.6 Å². The summed E-state index contributed by atoms with van der Waals surface area (Å²) < 4.78 is 39.9. The summed E-state index contributed by atoms with van der Waals surface area (Å²) in [6.07, 6.45) is -1.43. The lowest BCUT2D eigenvalue weighted by Crippen LogP contribution is -2.40. The van der Waals surface area contributed by atoms with Crippen molar-refractivity contribution in [2.75, 3.05) is 32.5 Å². The lowest BCUT2D eigenvalue weighted by Gasteiger charge is -2.22. The number of halogens is 4. The minimum atomic E-state index is -4.49. The highest BCUT2D eigenvalue weighted by Gasteiger charge is 2.32. The number of anilines is 1. The fourth-order valence-corrected chi connectivity index (χ4v) is 2.31. The molecule has 0 aliphatic carbocycles. The summed E-state index contributed by atoms with van der Waals surface area (Å²) >= 11 is 0. The van der Waals surface area contributed by atoms with Crippen molar-refractivity contribution in [3.05, 3.63) is 42.0 Å². The number of aliphatic imine (C=N–C) groups is 1. The third kappa shape index (κ3) is 6.88. The largest absolute Gasteiger partial charge is 0.433 e. The van der Waals surface area contributed by atoms with Crippen LogP contribution in [0.15, 0.2) is 35.6 Å². The molecule has 0 radical (unpaired) electrons. The molecule has 0 saturated heterocycles. The fraction of sp³-hybridized carbons (Fsp3) is 0.438. The molecule has 0 saturated carbocycles. The number of nitrogens with one attached hydrogen (secondary N) is 2.